The molecule has 33 heavy (non-hydrogen) atoms. The van der Waals surface area contributed by atoms with E-state index < -0.39 is 0 Å². The highest BCUT2D eigenvalue weighted by molar-refractivity contribution is 8.14. The van der Waals surface area contributed by atoms with Gasteiger partial charge in [0, 0.05) is 31.5 Å². The molecule has 0 aromatic carbocycles. The second-order valence-electron chi connectivity index (χ2n) is 8.92. The fraction of sp³-hybridized carbons (Fsp3) is 0.640. The van der Waals surface area contributed by atoms with E-state index in [0.29, 0.717) is 17.9 Å². The van der Waals surface area contributed by atoms with E-state index in [2.05, 4.69) is 41.8 Å². The molecule has 3 aliphatic rings. The molecule has 0 saturated heterocycles. The molecule has 1 fully saturated rings. The number of nitrogens with zero attached hydrogens (tertiary/aromatic N) is 4. The minimum atomic E-state index is 0.261. The Morgan fingerprint density at radius 1 is 1.21 bits per heavy atom. The molecule has 4 rings (SSSR count). The minimum absolute atomic E-state index is 0.261. The monoisotopic (exact) mass is 472 g/mol. The quantitative estimate of drug-likeness (QED) is 0.515. The van der Waals surface area contributed by atoms with E-state index in [0.717, 1.165) is 78.8 Å². The largest absolute Gasteiger partial charge is 0.396 e. The average molecular weight is 473 g/mol. The molecule has 2 unspecified atom stereocenters. The maximum absolute atomic E-state index is 9.55. The standard InChI is InChI=1S/C23H34N6OS.C2H6/c1-15-20(22-27-19-7-5-4-6-17(19)14-31-22)21(26-18-9-8-16(12-18)13-30)28-23(25-15)24-10-11-29(2)3;1-2/h5,7,16,18,30H,4,6,8-14H2,1-3H3,(H2,24,25,26,28);1-2H3. The van der Waals surface area contributed by atoms with Gasteiger partial charge in [0.1, 0.15) is 10.9 Å². The lowest BCUT2D eigenvalue weighted by molar-refractivity contribution is 0.229. The lowest BCUT2D eigenvalue weighted by Crippen LogP contribution is -2.24. The highest BCUT2D eigenvalue weighted by atomic mass is 32.2. The highest BCUT2D eigenvalue weighted by Gasteiger charge is 2.28. The predicted octanol–water partition coefficient (Wildman–Crippen LogP) is 4.46. The van der Waals surface area contributed by atoms with E-state index in [-0.39, 0.29) is 6.61 Å². The lowest BCUT2D eigenvalue weighted by Gasteiger charge is -2.23. The molecule has 0 spiro atoms. The molecule has 2 heterocycles. The maximum atomic E-state index is 9.55. The van der Waals surface area contributed by atoms with Crippen LogP contribution in [0.15, 0.2) is 28.4 Å². The Morgan fingerprint density at radius 3 is 2.76 bits per heavy atom. The number of rotatable bonds is 8. The Bertz CT molecular complexity index is 895. The number of aliphatic hydroxyl groups excluding tert-OH is 1. The van der Waals surface area contributed by atoms with Crippen molar-refractivity contribution in [3.05, 3.63) is 34.7 Å². The zero-order valence-electron chi connectivity index (χ0n) is 20.8. The van der Waals surface area contributed by atoms with Crippen molar-refractivity contribution in [3.8, 4) is 0 Å². The number of thioether (sulfide) groups is 1. The number of likely N-dealkylation sites (N-methyl/N-ethyl adjacent to an activating group) is 1. The molecule has 1 saturated carbocycles. The number of nitrogens with one attached hydrogen (secondary N) is 2. The summed E-state index contributed by atoms with van der Waals surface area (Å²) >= 11 is 1.79. The maximum Gasteiger partial charge on any atom is 0.224 e. The molecule has 0 radical (unpaired) electrons. The van der Waals surface area contributed by atoms with Crippen LogP contribution in [0.2, 0.25) is 0 Å². The number of aromatic nitrogens is 2. The van der Waals surface area contributed by atoms with Gasteiger partial charge in [-0.05, 0) is 70.7 Å². The van der Waals surface area contributed by atoms with Crippen molar-refractivity contribution in [2.75, 3.05) is 50.2 Å². The number of aliphatic hydroxyl groups is 1. The first-order chi connectivity index (χ1) is 16.0. The van der Waals surface area contributed by atoms with Crippen molar-refractivity contribution < 1.29 is 5.11 Å². The van der Waals surface area contributed by atoms with Gasteiger partial charge in [-0.3, -0.25) is 0 Å². The molecular formula is C25H40N6OS. The van der Waals surface area contributed by atoms with Gasteiger partial charge in [0.25, 0.3) is 0 Å². The van der Waals surface area contributed by atoms with E-state index in [4.69, 9.17) is 15.0 Å². The Morgan fingerprint density at radius 2 is 2.03 bits per heavy atom. The van der Waals surface area contributed by atoms with Crippen LogP contribution in [0.3, 0.4) is 0 Å². The summed E-state index contributed by atoms with van der Waals surface area (Å²) in [5.41, 5.74) is 4.51. The van der Waals surface area contributed by atoms with Crippen molar-refractivity contribution in [1.82, 2.24) is 14.9 Å². The van der Waals surface area contributed by atoms with Crippen LogP contribution in [0.1, 0.15) is 57.2 Å². The summed E-state index contributed by atoms with van der Waals surface area (Å²) in [6.45, 7) is 8.02. The third kappa shape index (κ3) is 6.80. The zero-order valence-corrected chi connectivity index (χ0v) is 21.6. The molecular weight excluding hydrogens is 432 g/mol. The van der Waals surface area contributed by atoms with Crippen molar-refractivity contribution in [2.24, 2.45) is 10.9 Å². The number of hydrogen-bond acceptors (Lipinski definition) is 8. The summed E-state index contributed by atoms with van der Waals surface area (Å²) in [5.74, 6) is 2.87. The van der Waals surface area contributed by atoms with Gasteiger partial charge in [0.2, 0.25) is 5.95 Å². The van der Waals surface area contributed by atoms with Crippen LogP contribution in [0, 0.1) is 12.8 Å². The summed E-state index contributed by atoms with van der Waals surface area (Å²) in [7, 11) is 4.12. The van der Waals surface area contributed by atoms with Crippen LogP contribution in [0.4, 0.5) is 11.8 Å². The molecule has 182 valence electrons. The molecule has 1 aliphatic heterocycles. The first kappa shape index (κ1) is 25.7. The summed E-state index contributed by atoms with van der Waals surface area (Å²) in [6.07, 6.45) is 9.66. The van der Waals surface area contributed by atoms with Crippen LogP contribution < -0.4 is 10.6 Å². The SMILES string of the molecule is CC.Cc1nc(NCCN(C)C)nc(NC2CCC(CO)C2)c1C1=NC2=C(CCC=C2)CS1. The summed E-state index contributed by atoms with van der Waals surface area (Å²) in [6, 6.07) is 0.318. The van der Waals surface area contributed by atoms with E-state index in [1.165, 1.54) is 5.57 Å². The van der Waals surface area contributed by atoms with E-state index in [9.17, 15) is 5.11 Å². The van der Waals surface area contributed by atoms with Crippen LogP contribution in [-0.2, 0) is 0 Å². The molecule has 0 bridgehead atoms. The number of aryl methyl sites for hydroxylation is 1. The van der Waals surface area contributed by atoms with Crippen molar-refractivity contribution in [1.29, 1.82) is 0 Å². The second kappa shape index (κ2) is 12.5. The third-order valence-corrected chi connectivity index (χ3v) is 7.20. The Labute approximate surface area is 203 Å². The Balaban J connectivity index is 0.00000149. The fourth-order valence-corrected chi connectivity index (χ4v) is 5.51. The molecule has 1 aromatic rings. The van der Waals surface area contributed by atoms with Crippen LogP contribution >= 0.6 is 11.8 Å². The lowest BCUT2D eigenvalue weighted by atomic mass is 10.0. The normalized spacial score (nSPS) is 22.0. The number of hydrogen-bond donors (Lipinski definition) is 3. The molecule has 1 aromatic heterocycles. The summed E-state index contributed by atoms with van der Waals surface area (Å²) in [4.78, 5) is 16.8. The molecule has 0 amide bonds. The second-order valence-corrected chi connectivity index (χ2v) is 9.89. The number of allylic oxidation sites excluding steroid dienone is 2. The first-order valence-corrected chi connectivity index (χ1v) is 13.3. The van der Waals surface area contributed by atoms with Crippen LogP contribution in [-0.4, -0.2) is 70.6 Å². The average Bonchev–Trinajstić information content (AvgIpc) is 3.27. The van der Waals surface area contributed by atoms with Crippen molar-refractivity contribution in [2.45, 2.75) is 58.9 Å². The van der Waals surface area contributed by atoms with Crippen molar-refractivity contribution in [3.63, 3.8) is 0 Å². The summed E-state index contributed by atoms with van der Waals surface area (Å²) in [5, 5.41) is 17.6. The number of aliphatic imine (C=N–C) groups is 1. The molecule has 3 N–H and O–H groups in total. The zero-order chi connectivity index (χ0) is 23.8. The van der Waals surface area contributed by atoms with Gasteiger partial charge in [-0.2, -0.15) is 4.98 Å². The smallest absolute Gasteiger partial charge is 0.224 e. The van der Waals surface area contributed by atoms with Crippen molar-refractivity contribution >= 4 is 28.6 Å². The van der Waals surface area contributed by atoms with E-state index in [1.54, 1.807) is 11.8 Å². The molecule has 2 aliphatic carbocycles. The van der Waals surface area contributed by atoms with Gasteiger partial charge in [0.15, 0.2) is 0 Å². The summed E-state index contributed by atoms with van der Waals surface area (Å²) < 4.78 is 0. The molecule has 2 atom stereocenters. The predicted molar refractivity (Wildman–Crippen MR) is 141 cm³/mol. The highest BCUT2D eigenvalue weighted by Crippen LogP contribution is 2.35. The first-order valence-electron chi connectivity index (χ1n) is 12.3. The minimum Gasteiger partial charge on any atom is -0.396 e. The van der Waals surface area contributed by atoms with Gasteiger partial charge in [-0.1, -0.05) is 19.9 Å². The number of anilines is 2. The van der Waals surface area contributed by atoms with E-state index >= 15 is 0 Å². The van der Waals surface area contributed by atoms with Gasteiger partial charge >= 0.3 is 0 Å². The van der Waals surface area contributed by atoms with Gasteiger partial charge in [0.05, 0.1) is 17.0 Å². The van der Waals surface area contributed by atoms with Gasteiger partial charge < -0.3 is 20.6 Å². The van der Waals surface area contributed by atoms with Crippen LogP contribution in [0.5, 0.6) is 0 Å². The van der Waals surface area contributed by atoms with Crippen LogP contribution in [0.25, 0.3) is 0 Å². The van der Waals surface area contributed by atoms with Gasteiger partial charge in [-0.15, -0.1) is 11.8 Å². The Hall–Kier alpha value is -1.90. The Kier molecular flexibility index (Phi) is 9.77. The molecule has 8 heteroatoms. The van der Waals surface area contributed by atoms with E-state index in [1.807, 2.05) is 20.8 Å². The topological polar surface area (TPSA) is 85.7 Å². The molecule has 7 nitrogen and oxygen atoms in total. The van der Waals surface area contributed by atoms with Gasteiger partial charge in [-0.25, -0.2) is 9.98 Å². The fourth-order valence-electron chi connectivity index (χ4n) is 4.36. The third-order valence-electron chi connectivity index (χ3n) is 6.14.